The second kappa shape index (κ2) is 7.44. The molecule has 2 aromatic heterocycles. The highest BCUT2D eigenvalue weighted by molar-refractivity contribution is 7.17. The number of aryl methyl sites for hydroxylation is 1. The van der Waals surface area contributed by atoms with Gasteiger partial charge in [-0.3, -0.25) is 5.32 Å². The SMILES string of the molecule is O=C(O)C1CCCCN1C(=O)Nc1sc2c(c1-c1nc(C3CC3)no1)CCCC2. The quantitative estimate of drug-likeness (QED) is 0.779. The predicted octanol–water partition coefficient (Wildman–Crippen LogP) is 4.03. The van der Waals surface area contributed by atoms with Gasteiger partial charge in [0.2, 0.25) is 0 Å². The van der Waals surface area contributed by atoms with Crippen LogP contribution in [0.15, 0.2) is 4.52 Å². The van der Waals surface area contributed by atoms with Gasteiger partial charge in [-0.2, -0.15) is 4.98 Å². The molecule has 5 rings (SSSR count). The summed E-state index contributed by atoms with van der Waals surface area (Å²) in [4.78, 5) is 31.9. The van der Waals surface area contributed by atoms with Gasteiger partial charge in [-0.15, -0.1) is 11.3 Å². The van der Waals surface area contributed by atoms with Crippen LogP contribution >= 0.6 is 11.3 Å². The number of hydrogen-bond donors (Lipinski definition) is 2. The van der Waals surface area contributed by atoms with Crippen LogP contribution in [0, 0.1) is 0 Å². The molecule has 154 valence electrons. The first-order valence-corrected chi connectivity index (χ1v) is 11.2. The van der Waals surface area contributed by atoms with Crippen LogP contribution in [0.3, 0.4) is 0 Å². The first-order chi connectivity index (χ1) is 14.1. The van der Waals surface area contributed by atoms with Gasteiger partial charge >= 0.3 is 12.0 Å². The Morgan fingerprint density at radius 1 is 1.14 bits per heavy atom. The summed E-state index contributed by atoms with van der Waals surface area (Å²) in [6.45, 7) is 0.454. The van der Waals surface area contributed by atoms with Crippen molar-refractivity contribution in [2.24, 2.45) is 0 Å². The zero-order chi connectivity index (χ0) is 20.0. The number of carbonyl (C=O) groups is 2. The molecule has 2 fully saturated rings. The summed E-state index contributed by atoms with van der Waals surface area (Å²) in [6.07, 6.45) is 8.46. The molecule has 3 heterocycles. The molecule has 2 aromatic rings. The fraction of sp³-hybridized carbons (Fsp3) is 0.600. The lowest BCUT2D eigenvalue weighted by Crippen LogP contribution is -2.49. The summed E-state index contributed by atoms with van der Waals surface area (Å²) in [5.41, 5.74) is 2.03. The first kappa shape index (κ1) is 18.6. The van der Waals surface area contributed by atoms with E-state index in [-0.39, 0.29) is 6.03 Å². The molecular weight excluding hydrogens is 392 g/mol. The summed E-state index contributed by atoms with van der Waals surface area (Å²) >= 11 is 1.56. The number of amides is 2. The third-order valence-corrected chi connectivity index (χ3v) is 7.25. The van der Waals surface area contributed by atoms with E-state index in [0.29, 0.717) is 29.8 Å². The molecule has 3 aliphatic rings. The molecule has 9 heteroatoms. The second-order valence-electron chi connectivity index (χ2n) is 8.12. The van der Waals surface area contributed by atoms with Crippen LogP contribution in [0.5, 0.6) is 0 Å². The number of nitrogens with zero attached hydrogens (tertiary/aromatic N) is 3. The van der Waals surface area contributed by atoms with Crippen LogP contribution < -0.4 is 5.32 Å². The van der Waals surface area contributed by atoms with E-state index in [1.54, 1.807) is 11.3 Å². The van der Waals surface area contributed by atoms with Crippen LogP contribution in [0.2, 0.25) is 0 Å². The molecule has 0 aromatic carbocycles. The van der Waals surface area contributed by atoms with Crippen LogP contribution in [0.25, 0.3) is 11.5 Å². The lowest BCUT2D eigenvalue weighted by Gasteiger charge is -2.32. The Morgan fingerprint density at radius 3 is 2.76 bits per heavy atom. The van der Waals surface area contributed by atoms with E-state index in [1.165, 1.54) is 15.3 Å². The van der Waals surface area contributed by atoms with Crippen LogP contribution in [-0.2, 0) is 17.6 Å². The number of likely N-dealkylation sites (tertiary alicyclic amines) is 1. The van der Waals surface area contributed by atoms with Gasteiger partial charge in [0.1, 0.15) is 11.0 Å². The molecule has 29 heavy (non-hydrogen) atoms. The fourth-order valence-corrected chi connectivity index (χ4v) is 5.60. The van der Waals surface area contributed by atoms with Gasteiger partial charge in [-0.05, 0) is 63.4 Å². The Morgan fingerprint density at radius 2 is 1.97 bits per heavy atom. The normalized spacial score (nSPS) is 21.7. The molecule has 2 amide bonds. The number of aliphatic carboxylic acids is 1. The summed E-state index contributed by atoms with van der Waals surface area (Å²) in [6, 6.07) is -1.13. The van der Waals surface area contributed by atoms with Crippen molar-refractivity contribution in [2.45, 2.75) is 69.7 Å². The zero-order valence-corrected chi connectivity index (χ0v) is 17.0. The number of thiophene rings is 1. The monoisotopic (exact) mass is 416 g/mol. The molecule has 2 aliphatic carbocycles. The minimum Gasteiger partial charge on any atom is -0.480 e. The van der Waals surface area contributed by atoms with Gasteiger partial charge in [-0.1, -0.05) is 5.16 Å². The fourth-order valence-electron chi connectivity index (χ4n) is 4.32. The number of aromatic nitrogens is 2. The minimum atomic E-state index is -0.948. The predicted molar refractivity (Wildman–Crippen MR) is 107 cm³/mol. The van der Waals surface area contributed by atoms with Crippen molar-refractivity contribution in [3.05, 3.63) is 16.3 Å². The molecule has 0 radical (unpaired) electrons. The minimum absolute atomic E-state index is 0.362. The maximum atomic E-state index is 13.0. The maximum Gasteiger partial charge on any atom is 0.326 e. The van der Waals surface area contributed by atoms with Crippen LogP contribution in [-0.4, -0.2) is 44.7 Å². The number of nitrogens with one attached hydrogen (secondary N) is 1. The van der Waals surface area contributed by atoms with Gasteiger partial charge in [0.25, 0.3) is 5.89 Å². The van der Waals surface area contributed by atoms with E-state index in [1.807, 2.05) is 0 Å². The Kier molecular flexibility index (Phi) is 4.77. The highest BCUT2D eigenvalue weighted by Gasteiger charge is 2.35. The molecular formula is C20H24N4O4S. The summed E-state index contributed by atoms with van der Waals surface area (Å²) in [7, 11) is 0. The Labute approximate surface area is 172 Å². The average molecular weight is 417 g/mol. The zero-order valence-electron chi connectivity index (χ0n) is 16.1. The number of carboxylic acid groups (broad SMARTS) is 1. The summed E-state index contributed by atoms with van der Waals surface area (Å²) in [5.74, 6) is 0.659. The number of rotatable bonds is 4. The Balaban J connectivity index is 1.46. The van der Waals surface area contributed by atoms with Gasteiger partial charge in [0, 0.05) is 17.3 Å². The van der Waals surface area contributed by atoms with Gasteiger partial charge < -0.3 is 14.5 Å². The van der Waals surface area contributed by atoms with Crippen molar-refractivity contribution in [3.8, 4) is 11.5 Å². The summed E-state index contributed by atoms with van der Waals surface area (Å²) < 4.78 is 5.59. The van der Waals surface area contributed by atoms with Crippen molar-refractivity contribution >= 4 is 28.3 Å². The van der Waals surface area contributed by atoms with Crippen molar-refractivity contribution in [3.63, 3.8) is 0 Å². The van der Waals surface area contributed by atoms with E-state index < -0.39 is 12.0 Å². The molecule has 0 spiro atoms. The number of piperidine rings is 1. The highest BCUT2D eigenvalue weighted by atomic mass is 32.1. The van der Waals surface area contributed by atoms with Gasteiger partial charge in [0.05, 0.1) is 5.56 Å². The third-order valence-electron chi connectivity index (χ3n) is 6.04. The van der Waals surface area contributed by atoms with Gasteiger partial charge in [-0.25, -0.2) is 9.59 Å². The van der Waals surface area contributed by atoms with Crippen LogP contribution in [0.4, 0.5) is 9.80 Å². The van der Waals surface area contributed by atoms with Crippen molar-refractivity contribution in [2.75, 3.05) is 11.9 Å². The molecule has 1 saturated carbocycles. The van der Waals surface area contributed by atoms with Crippen molar-refractivity contribution in [1.82, 2.24) is 15.0 Å². The van der Waals surface area contributed by atoms with E-state index in [9.17, 15) is 14.7 Å². The van der Waals surface area contributed by atoms with E-state index >= 15 is 0 Å². The average Bonchev–Trinajstić information content (AvgIpc) is 3.35. The lowest BCUT2D eigenvalue weighted by molar-refractivity contribution is -0.143. The number of hydrogen-bond acceptors (Lipinski definition) is 6. The second-order valence-corrected chi connectivity index (χ2v) is 9.23. The molecule has 0 bridgehead atoms. The Hall–Kier alpha value is -2.42. The van der Waals surface area contributed by atoms with Crippen LogP contribution in [0.1, 0.15) is 67.1 Å². The Bertz CT molecular complexity index is 948. The smallest absolute Gasteiger partial charge is 0.326 e. The largest absolute Gasteiger partial charge is 0.480 e. The number of anilines is 1. The number of carbonyl (C=O) groups excluding carboxylic acids is 1. The molecule has 8 nitrogen and oxygen atoms in total. The van der Waals surface area contributed by atoms with E-state index in [2.05, 4.69) is 15.5 Å². The molecule has 1 unspecified atom stereocenters. The van der Waals surface area contributed by atoms with Gasteiger partial charge in [0.15, 0.2) is 5.82 Å². The molecule has 1 saturated heterocycles. The van der Waals surface area contributed by atoms with Crippen molar-refractivity contribution < 1.29 is 19.2 Å². The molecule has 1 aliphatic heterocycles. The lowest BCUT2D eigenvalue weighted by atomic mass is 9.95. The third kappa shape index (κ3) is 3.52. The maximum absolute atomic E-state index is 13.0. The standard InChI is InChI=1S/C20H24N4O4S/c25-19(26)13-6-3-4-10-24(13)20(27)22-18-15(12-5-1-2-7-14(12)29-18)17-21-16(23-28-17)11-8-9-11/h11,13H,1-10H2,(H,22,27)(H,25,26). The number of fused-ring (bicyclic) bond motifs is 1. The van der Waals surface area contributed by atoms with E-state index in [0.717, 1.165) is 62.8 Å². The highest BCUT2D eigenvalue weighted by Crippen LogP contribution is 2.45. The topological polar surface area (TPSA) is 109 Å². The first-order valence-electron chi connectivity index (χ1n) is 10.4. The molecule has 2 N–H and O–H groups in total. The number of urea groups is 1. The summed E-state index contributed by atoms with van der Waals surface area (Å²) in [5, 5.41) is 17.3. The number of carboxylic acids is 1. The molecule has 1 atom stereocenters. The van der Waals surface area contributed by atoms with E-state index in [4.69, 9.17) is 4.52 Å². The van der Waals surface area contributed by atoms with Crippen molar-refractivity contribution in [1.29, 1.82) is 0 Å².